The molecule has 0 heterocycles. The van der Waals surface area contributed by atoms with Gasteiger partial charge >= 0.3 is 0 Å². The van der Waals surface area contributed by atoms with E-state index in [1.807, 2.05) is 50.2 Å². The Morgan fingerprint density at radius 1 is 0.893 bits per heavy atom. The number of ketones is 1. The summed E-state index contributed by atoms with van der Waals surface area (Å²) in [6.45, 7) is 5.61. The molecule has 3 rings (SSSR count). The highest BCUT2D eigenvalue weighted by Crippen LogP contribution is 2.22. The molecular weight excluding hydrogens is 350 g/mol. The first-order valence-electron chi connectivity index (χ1n) is 9.19. The van der Waals surface area contributed by atoms with E-state index in [4.69, 9.17) is 4.74 Å². The van der Waals surface area contributed by atoms with Crippen molar-refractivity contribution in [2.75, 3.05) is 5.32 Å². The van der Waals surface area contributed by atoms with Crippen molar-refractivity contribution in [2.24, 2.45) is 0 Å². The lowest BCUT2D eigenvalue weighted by atomic mass is 10.0. The molecule has 3 aromatic rings. The number of anilines is 1. The quantitative estimate of drug-likeness (QED) is 0.623. The number of carbonyl (C=O) groups is 2. The number of hydrogen-bond acceptors (Lipinski definition) is 3. The fourth-order valence-corrected chi connectivity index (χ4v) is 2.85. The zero-order chi connectivity index (χ0) is 20.1. The molecule has 28 heavy (non-hydrogen) atoms. The van der Waals surface area contributed by atoms with Crippen LogP contribution in [0.5, 0.6) is 5.75 Å². The van der Waals surface area contributed by atoms with E-state index in [2.05, 4.69) is 5.32 Å². The molecule has 0 aromatic heterocycles. The van der Waals surface area contributed by atoms with E-state index < -0.39 is 6.10 Å². The molecule has 0 radical (unpaired) electrons. The minimum atomic E-state index is -0.708. The number of aryl methyl sites for hydroxylation is 2. The van der Waals surface area contributed by atoms with Crippen LogP contribution in [-0.2, 0) is 4.79 Å². The van der Waals surface area contributed by atoms with Crippen LogP contribution in [-0.4, -0.2) is 17.8 Å². The van der Waals surface area contributed by atoms with Crippen LogP contribution in [0.4, 0.5) is 5.69 Å². The molecule has 1 N–H and O–H groups in total. The Labute approximate surface area is 165 Å². The molecule has 0 fully saturated rings. The molecule has 0 spiro atoms. The average Bonchev–Trinajstić information content (AvgIpc) is 2.71. The molecular formula is C24H23NO3. The van der Waals surface area contributed by atoms with E-state index in [9.17, 15) is 9.59 Å². The van der Waals surface area contributed by atoms with Gasteiger partial charge in [-0.15, -0.1) is 0 Å². The zero-order valence-electron chi connectivity index (χ0n) is 16.2. The number of ether oxygens (including phenoxy) is 1. The van der Waals surface area contributed by atoms with Gasteiger partial charge in [0.2, 0.25) is 0 Å². The highest BCUT2D eigenvalue weighted by molar-refractivity contribution is 6.14. The summed E-state index contributed by atoms with van der Waals surface area (Å²) in [7, 11) is 0. The highest BCUT2D eigenvalue weighted by Gasteiger charge is 2.19. The lowest BCUT2D eigenvalue weighted by Gasteiger charge is -2.18. The summed E-state index contributed by atoms with van der Waals surface area (Å²) in [4.78, 5) is 25.5. The third-order valence-corrected chi connectivity index (χ3v) is 4.48. The van der Waals surface area contributed by atoms with Gasteiger partial charge < -0.3 is 10.1 Å². The van der Waals surface area contributed by atoms with Gasteiger partial charge in [-0.2, -0.15) is 0 Å². The Hall–Kier alpha value is -3.40. The molecule has 0 bridgehead atoms. The van der Waals surface area contributed by atoms with Crippen LogP contribution in [0.25, 0.3) is 0 Å². The van der Waals surface area contributed by atoms with Gasteiger partial charge in [-0.1, -0.05) is 54.6 Å². The number of benzene rings is 3. The molecule has 0 aliphatic heterocycles. The molecule has 1 amide bonds. The van der Waals surface area contributed by atoms with Crippen LogP contribution in [0.3, 0.4) is 0 Å². The first kappa shape index (κ1) is 19.4. The molecule has 0 aliphatic carbocycles. The number of carbonyl (C=O) groups excluding carboxylic acids is 2. The molecule has 3 aromatic carbocycles. The Bertz CT molecular complexity index is 996. The number of rotatable bonds is 6. The van der Waals surface area contributed by atoms with Gasteiger partial charge in [0.25, 0.3) is 5.91 Å². The van der Waals surface area contributed by atoms with E-state index in [1.165, 1.54) is 0 Å². The summed E-state index contributed by atoms with van der Waals surface area (Å²) in [5.41, 5.74) is 3.51. The van der Waals surface area contributed by atoms with Gasteiger partial charge in [0, 0.05) is 11.1 Å². The maximum Gasteiger partial charge on any atom is 0.265 e. The summed E-state index contributed by atoms with van der Waals surface area (Å²) < 4.78 is 5.85. The monoisotopic (exact) mass is 373 g/mol. The molecule has 1 atom stereocenters. The molecule has 4 nitrogen and oxygen atoms in total. The first-order chi connectivity index (χ1) is 13.5. The smallest absolute Gasteiger partial charge is 0.265 e. The lowest BCUT2D eigenvalue weighted by Crippen LogP contribution is -2.31. The van der Waals surface area contributed by atoms with E-state index in [0.29, 0.717) is 22.6 Å². The fraction of sp³-hybridized carbons (Fsp3) is 0.167. The summed E-state index contributed by atoms with van der Waals surface area (Å²) >= 11 is 0. The second-order valence-electron chi connectivity index (χ2n) is 6.76. The Kier molecular flexibility index (Phi) is 5.90. The summed E-state index contributed by atoms with van der Waals surface area (Å²) in [5.74, 6) is 0.227. The van der Waals surface area contributed by atoms with E-state index >= 15 is 0 Å². The predicted octanol–water partition coefficient (Wildman–Crippen LogP) is 4.94. The van der Waals surface area contributed by atoms with Crippen LogP contribution in [0, 0.1) is 13.8 Å². The van der Waals surface area contributed by atoms with Crippen LogP contribution in [0.15, 0.2) is 72.8 Å². The van der Waals surface area contributed by atoms with Gasteiger partial charge in [0.15, 0.2) is 11.9 Å². The number of hydrogen-bond donors (Lipinski definition) is 1. The Morgan fingerprint density at radius 3 is 2.32 bits per heavy atom. The predicted molar refractivity (Wildman–Crippen MR) is 111 cm³/mol. The summed E-state index contributed by atoms with van der Waals surface area (Å²) in [6.07, 6.45) is -0.708. The van der Waals surface area contributed by atoms with Crippen molar-refractivity contribution in [3.05, 3.63) is 95.1 Å². The zero-order valence-corrected chi connectivity index (χ0v) is 16.2. The minimum absolute atomic E-state index is 0.139. The summed E-state index contributed by atoms with van der Waals surface area (Å²) in [6, 6.07) is 21.9. The van der Waals surface area contributed by atoms with Crippen molar-refractivity contribution >= 4 is 17.4 Å². The van der Waals surface area contributed by atoms with Gasteiger partial charge in [-0.05, 0) is 50.1 Å². The van der Waals surface area contributed by atoms with Gasteiger partial charge in [0.05, 0.1) is 5.69 Å². The topological polar surface area (TPSA) is 55.4 Å². The van der Waals surface area contributed by atoms with Crippen molar-refractivity contribution in [2.45, 2.75) is 26.9 Å². The molecule has 0 aliphatic rings. The largest absolute Gasteiger partial charge is 0.481 e. The lowest BCUT2D eigenvalue weighted by molar-refractivity contribution is -0.122. The van der Waals surface area contributed by atoms with E-state index in [-0.39, 0.29) is 11.7 Å². The average molecular weight is 373 g/mol. The van der Waals surface area contributed by atoms with Crippen LogP contribution in [0.1, 0.15) is 34.0 Å². The first-order valence-corrected chi connectivity index (χ1v) is 9.19. The number of nitrogens with one attached hydrogen (secondary N) is 1. The second kappa shape index (κ2) is 8.53. The third kappa shape index (κ3) is 4.46. The number of para-hydroxylation sites is 1. The Morgan fingerprint density at radius 2 is 1.57 bits per heavy atom. The van der Waals surface area contributed by atoms with Gasteiger partial charge in [0.1, 0.15) is 5.75 Å². The second-order valence-corrected chi connectivity index (χ2v) is 6.76. The minimum Gasteiger partial charge on any atom is -0.481 e. The normalized spacial score (nSPS) is 11.5. The van der Waals surface area contributed by atoms with Crippen molar-refractivity contribution in [3.8, 4) is 5.75 Å². The molecule has 142 valence electrons. The third-order valence-electron chi connectivity index (χ3n) is 4.48. The van der Waals surface area contributed by atoms with Crippen molar-refractivity contribution in [3.63, 3.8) is 0 Å². The SMILES string of the molecule is Cc1ccc(C)c(OC(C)C(=O)Nc2ccccc2C(=O)c2ccccc2)c1. The fourth-order valence-electron chi connectivity index (χ4n) is 2.85. The van der Waals surface area contributed by atoms with Gasteiger partial charge in [-0.25, -0.2) is 0 Å². The summed E-state index contributed by atoms with van der Waals surface area (Å²) in [5, 5.41) is 2.83. The van der Waals surface area contributed by atoms with Crippen molar-refractivity contribution < 1.29 is 14.3 Å². The van der Waals surface area contributed by atoms with Crippen LogP contribution >= 0.6 is 0 Å². The standard InChI is InChI=1S/C24H23NO3/c1-16-13-14-17(2)22(15-16)28-18(3)24(27)25-21-12-8-7-11-20(21)23(26)19-9-5-4-6-10-19/h4-15,18H,1-3H3,(H,25,27). The molecule has 1 unspecified atom stereocenters. The molecule has 0 saturated heterocycles. The van der Waals surface area contributed by atoms with Crippen LogP contribution in [0.2, 0.25) is 0 Å². The molecule has 0 saturated carbocycles. The molecule has 4 heteroatoms. The van der Waals surface area contributed by atoms with Crippen molar-refractivity contribution in [1.82, 2.24) is 0 Å². The Balaban J connectivity index is 1.77. The maximum atomic E-state index is 12.8. The van der Waals surface area contributed by atoms with Crippen molar-refractivity contribution in [1.29, 1.82) is 0 Å². The van der Waals surface area contributed by atoms with E-state index in [0.717, 1.165) is 11.1 Å². The van der Waals surface area contributed by atoms with Crippen LogP contribution < -0.4 is 10.1 Å². The van der Waals surface area contributed by atoms with Gasteiger partial charge in [-0.3, -0.25) is 9.59 Å². The van der Waals surface area contributed by atoms with E-state index in [1.54, 1.807) is 43.3 Å². The maximum absolute atomic E-state index is 12.8. The number of amides is 1. The highest BCUT2D eigenvalue weighted by atomic mass is 16.5.